The van der Waals surface area contributed by atoms with Gasteiger partial charge in [0.25, 0.3) is 0 Å². The molecule has 1 aliphatic heterocycles. The predicted molar refractivity (Wildman–Crippen MR) is 43.6 cm³/mol. The second-order valence-corrected chi connectivity index (χ2v) is 2.92. The maximum atomic E-state index is 13.1. The van der Waals surface area contributed by atoms with Crippen LogP contribution in [-0.2, 0) is 4.74 Å². The number of rotatable bonds is 2. The fourth-order valence-corrected chi connectivity index (χ4v) is 1.17. The van der Waals surface area contributed by atoms with Crippen molar-refractivity contribution in [3.05, 3.63) is 35.1 Å². The molecule has 0 aromatic heterocycles. The molecule has 1 unspecified atom stereocenters. The molecule has 1 aromatic carbocycles. The minimum absolute atomic E-state index is 0.195. The zero-order chi connectivity index (χ0) is 9.42. The van der Waals surface area contributed by atoms with E-state index in [2.05, 4.69) is 0 Å². The number of amides is 1. The first-order valence-corrected chi connectivity index (χ1v) is 3.89. The van der Waals surface area contributed by atoms with Gasteiger partial charge in [0.15, 0.2) is 0 Å². The van der Waals surface area contributed by atoms with Crippen LogP contribution in [-0.4, -0.2) is 12.5 Å². The fourth-order valence-electron chi connectivity index (χ4n) is 1.17. The highest BCUT2D eigenvalue weighted by Gasteiger charge is 2.28. The Morgan fingerprint density at radius 3 is 2.85 bits per heavy atom. The minimum atomic E-state index is -0.554. The molecule has 1 amide bonds. The van der Waals surface area contributed by atoms with Crippen molar-refractivity contribution >= 4 is 5.91 Å². The smallest absolute Gasteiger partial charge is 0.248 e. The van der Waals surface area contributed by atoms with E-state index in [1.54, 1.807) is 0 Å². The Bertz CT molecular complexity index is 361. The van der Waals surface area contributed by atoms with Crippen molar-refractivity contribution in [2.45, 2.75) is 6.10 Å². The summed E-state index contributed by atoms with van der Waals surface area (Å²) in [6.07, 6.45) is -0.195. The highest BCUT2D eigenvalue weighted by Crippen LogP contribution is 2.31. The molecule has 1 heterocycles. The van der Waals surface area contributed by atoms with E-state index < -0.39 is 5.91 Å². The van der Waals surface area contributed by atoms with Crippen molar-refractivity contribution in [2.24, 2.45) is 5.73 Å². The summed E-state index contributed by atoms with van der Waals surface area (Å²) in [5.41, 5.74) is 5.78. The molecular formula is C9H8FNO2. The summed E-state index contributed by atoms with van der Waals surface area (Å²) in [6, 6.07) is 4.04. The molecule has 1 atom stereocenters. The average Bonchev–Trinajstić information content (AvgIpc) is 2.87. The van der Waals surface area contributed by atoms with Crippen LogP contribution in [0.4, 0.5) is 4.39 Å². The maximum absolute atomic E-state index is 13.1. The quantitative estimate of drug-likeness (QED) is 0.692. The third-order valence-corrected chi connectivity index (χ3v) is 1.96. The minimum Gasteiger partial charge on any atom is -0.368 e. The first kappa shape index (κ1) is 8.19. The monoisotopic (exact) mass is 181 g/mol. The van der Waals surface area contributed by atoms with E-state index in [9.17, 15) is 9.18 Å². The van der Waals surface area contributed by atoms with E-state index in [1.807, 2.05) is 0 Å². The molecule has 1 aliphatic rings. The summed E-state index contributed by atoms with van der Waals surface area (Å²) in [5, 5.41) is 0. The summed E-state index contributed by atoms with van der Waals surface area (Å²) in [5.74, 6) is -0.908. The molecule has 2 rings (SSSR count). The third kappa shape index (κ3) is 1.53. The van der Waals surface area contributed by atoms with Crippen molar-refractivity contribution in [1.29, 1.82) is 0 Å². The van der Waals surface area contributed by atoms with Crippen molar-refractivity contribution in [3.8, 4) is 0 Å². The number of halogens is 1. The van der Waals surface area contributed by atoms with Gasteiger partial charge in [0.1, 0.15) is 11.9 Å². The Morgan fingerprint density at radius 1 is 1.62 bits per heavy atom. The Morgan fingerprint density at radius 2 is 2.31 bits per heavy atom. The summed E-state index contributed by atoms with van der Waals surface area (Å²) in [7, 11) is 0. The predicted octanol–water partition coefficient (Wildman–Crippen LogP) is 0.996. The van der Waals surface area contributed by atoms with Gasteiger partial charge in [-0.05, 0) is 18.2 Å². The Hall–Kier alpha value is -1.42. The summed E-state index contributed by atoms with van der Waals surface area (Å²) in [6.45, 7) is 0.513. The molecule has 68 valence electrons. The van der Waals surface area contributed by atoms with Crippen LogP contribution in [0.3, 0.4) is 0 Å². The molecular weight excluding hydrogens is 173 g/mol. The van der Waals surface area contributed by atoms with Gasteiger partial charge in [-0.1, -0.05) is 0 Å². The number of benzene rings is 1. The van der Waals surface area contributed by atoms with Crippen LogP contribution in [0.25, 0.3) is 0 Å². The molecule has 4 heteroatoms. The fraction of sp³-hybridized carbons (Fsp3) is 0.222. The number of ether oxygens (including phenoxy) is 1. The lowest BCUT2D eigenvalue weighted by Gasteiger charge is -2.00. The zero-order valence-corrected chi connectivity index (χ0v) is 6.79. The van der Waals surface area contributed by atoms with Crippen molar-refractivity contribution in [3.63, 3.8) is 0 Å². The third-order valence-electron chi connectivity index (χ3n) is 1.96. The van der Waals surface area contributed by atoms with Crippen LogP contribution >= 0.6 is 0 Å². The number of carbonyl (C=O) groups excluding carboxylic acids is 1. The van der Waals surface area contributed by atoms with Gasteiger partial charge < -0.3 is 10.5 Å². The van der Waals surface area contributed by atoms with E-state index in [-0.39, 0.29) is 11.9 Å². The first-order chi connectivity index (χ1) is 6.18. The molecule has 2 N–H and O–H groups in total. The number of nitrogens with two attached hydrogens (primary N) is 1. The molecule has 0 saturated carbocycles. The van der Waals surface area contributed by atoms with Gasteiger partial charge in [0.2, 0.25) is 5.91 Å². The van der Waals surface area contributed by atoms with Gasteiger partial charge in [-0.3, -0.25) is 4.79 Å². The van der Waals surface area contributed by atoms with Gasteiger partial charge in [0.05, 0.1) is 6.61 Å². The summed E-state index contributed by atoms with van der Waals surface area (Å²) in [4.78, 5) is 10.8. The second kappa shape index (κ2) is 2.81. The van der Waals surface area contributed by atoms with Crippen LogP contribution in [0.2, 0.25) is 0 Å². The Labute approximate surface area is 74.3 Å². The van der Waals surface area contributed by atoms with E-state index in [0.29, 0.717) is 17.7 Å². The summed E-state index contributed by atoms with van der Waals surface area (Å²) < 4.78 is 18.0. The SMILES string of the molecule is NC(=O)c1ccc(F)c(C2CO2)c1. The van der Waals surface area contributed by atoms with Crippen LogP contribution in [0.5, 0.6) is 0 Å². The Balaban J connectivity index is 2.41. The lowest BCUT2D eigenvalue weighted by Crippen LogP contribution is -2.11. The topological polar surface area (TPSA) is 55.6 Å². The van der Waals surface area contributed by atoms with Crippen LogP contribution in [0, 0.1) is 5.82 Å². The number of carbonyl (C=O) groups is 1. The van der Waals surface area contributed by atoms with E-state index in [0.717, 1.165) is 0 Å². The van der Waals surface area contributed by atoms with Crippen molar-refractivity contribution in [2.75, 3.05) is 6.61 Å². The number of primary amides is 1. The van der Waals surface area contributed by atoms with E-state index in [1.165, 1.54) is 18.2 Å². The van der Waals surface area contributed by atoms with Crippen molar-refractivity contribution < 1.29 is 13.9 Å². The standard InChI is InChI=1S/C9H8FNO2/c10-7-2-1-5(9(11)12)3-6(7)8-4-13-8/h1-3,8H,4H2,(H2,11,12). The van der Waals surface area contributed by atoms with E-state index >= 15 is 0 Å². The summed E-state index contributed by atoms with van der Waals surface area (Å²) >= 11 is 0. The highest BCUT2D eigenvalue weighted by atomic mass is 19.1. The molecule has 13 heavy (non-hydrogen) atoms. The van der Waals surface area contributed by atoms with Crippen LogP contribution < -0.4 is 5.73 Å². The van der Waals surface area contributed by atoms with Gasteiger partial charge in [-0.15, -0.1) is 0 Å². The van der Waals surface area contributed by atoms with Gasteiger partial charge >= 0.3 is 0 Å². The molecule has 1 aromatic rings. The molecule has 0 bridgehead atoms. The molecule has 3 nitrogen and oxygen atoms in total. The van der Waals surface area contributed by atoms with Gasteiger partial charge in [0, 0.05) is 11.1 Å². The lowest BCUT2D eigenvalue weighted by atomic mass is 10.1. The van der Waals surface area contributed by atoms with E-state index in [4.69, 9.17) is 10.5 Å². The lowest BCUT2D eigenvalue weighted by molar-refractivity contribution is 0.1000. The maximum Gasteiger partial charge on any atom is 0.248 e. The molecule has 1 saturated heterocycles. The Kier molecular flexibility index (Phi) is 1.77. The molecule has 0 spiro atoms. The number of hydrogen-bond donors (Lipinski definition) is 1. The number of hydrogen-bond acceptors (Lipinski definition) is 2. The molecule has 1 fully saturated rings. The first-order valence-electron chi connectivity index (χ1n) is 3.89. The zero-order valence-electron chi connectivity index (χ0n) is 6.79. The number of epoxide rings is 1. The average molecular weight is 181 g/mol. The van der Waals surface area contributed by atoms with Crippen molar-refractivity contribution in [1.82, 2.24) is 0 Å². The van der Waals surface area contributed by atoms with Crippen LogP contribution in [0.15, 0.2) is 18.2 Å². The van der Waals surface area contributed by atoms with Crippen LogP contribution in [0.1, 0.15) is 22.0 Å². The normalized spacial score (nSPS) is 19.9. The second-order valence-electron chi connectivity index (χ2n) is 2.92. The molecule has 0 aliphatic carbocycles. The highest BCUT2D eigenvalue weighted by molar-refractivity contribution is 5.92. The van der Waals surface area contributed by atoms with Gasteiger partial charge in [-0.2, -0.15) is 0 Å². The van der Waals surface area contributed by atoms with Gasteiger partial charge in [-0.25, -0.2) is 4.39 Å². The molecule has 0 radical (unpaired) electrons. The largest absolute Gasteiger partial charge is 0.368 e.